The third kappa shape index (κ3) is 2.46. The number of hydrogen-bond donors (Lipinski definition) is 1. The van der Waals surface area contributed by atoms with Crippen molar-refractivity contribution in [3.05, 3.63) is 40.3 Å². The summed E-state index contributed by atoms with van der Waals surface area (Å²) >= 11 is 5.82. The summed E-state index contributed by atoms with van der Waals surface area (Å²) in [6.45, 7) is 3.91. The summed E-state index contributed by atoms with van der Waals surface area (Å²) in [6, 6.07) is 5.11. The summed E-state index contributed by atoms with van der Waals surface area (Å²) in [5, 5.41) is 0.535. The van der Waals surface area contributed by atoms with Gasteiger partial charge in [-0.15, -0.1) is 0 Å². The largest absolute Gasteiger partial charge is 0.366 e. The average Bonchev–Trinajstić information content (AvgIpc) is 2.03. The van der Waals surface area contributed by atoms with Crippen LogP contribution in [0.25, 0.3) is 0 Å². The number of carbonyl (C=O) groups is 1. The maximum atomic E-state index is 10.9. The van der Waals surface area contributed by atoms with Gasteiger partial charge >= 0.3 is 0 Å². The molecule has 0 aromatic heterocycles. The van der Waals surface area contributed by atoms with Gasteiger partial charge in [0, 0.05) is 10.6 Å². The van der Waals surface area contributed by atoms with Crippen LogP contribution in [0.4, 0.5) is 0 Å². The van der Waals surface area contributed by atoms with Crippen LogP contribution in [-0.2, 0) is 0 Å². The zero-order chi connectivity index (χ0) is 10.0. The molecule has 1 aromatic rings. The van der Waals surface area contributed by atoms with E-state index in [9.17, 15) is 4.79 Å². The van der Waals surface area contributed by atoms with E-state index < -0.39 is 5.91 Å². The molecule has 2 N–H and O–H groups in total. The highest BCUT2D eigenvalue weighted by atomic mass is 35.5. The molecule has 13 heavy (non-hydrogen) atoms. The molecule has 0 spiro atoms. The molecule has 0 heterocycles. The van der Waals surface area contributed by atoms with E-state index in [-0.39, 0.29) is 0 Å². The van der Waals surface area contributed by atoms with Crippen LogP contribution in [0.5, 0.6) is 0 Å². The standard InChI is InChI=1S/C10H11ClNO/c1-6(2)7-3-8(10(12)13)5-9(11)4-7/h3-5H,1-2H3,(H2,12,13). The number of hydrogen-bond acceptors (Lipinski definition) is 1. The Morgan fingerprint density at radius 1 is 1.23 bits per heavy atom. The molecule has 0 bridgehead atoms. The first-order valence-electron chi connectivity index (χ1n) is 3.91. The van der Waals surface area contributed by atoms with Crippen molar-refractivity contribution in [1.29, 1.82) is 0 Å². The second-order valence-electron chi connectivity index (χ2n) is 3.09. The van der Waals surface area contributed by atoms with Gasteiger partial charge in [0.25, 0.3) is 0 Å². The Morgan fingerprint density at radius 2 is 1.77 bits per heavy atom. The Labute approximate surface area is 82.7 Å². The molecule has 0 fully saturated rings. The summed E-state index contributed by atoms with van der Waals surface area (Å²) in [4.78, 5) is 10.9. The maximum absolute atomic E-state index is 10.9. The van der Waals surface area contributed by atoms with Crippen molar-refractivity contribution in [3.8, 4) is 0 Å². The summed E-state index contributed by atoms with van der Waals surface area (Å²) in [5.74, 6) is 0.648. The SMILES string of the molecule is C[C](C)c1cc(Cl)cc(C(N)=O)c1. The van der Waals surface area contributed by atoms with Gasteiger partial charge in [-0.3, -0.25) is 4.79 Å². The lowest BCUT2D eigenvalue weighted by Crippen LogP contribution is -2.11. The normalized spacial score (nSPS) is 10.5. The van der Waals surface area contributed by atoms with Gasteiger partial charge < -0.3 is 5.73 Å². The summed E-state index contributed by atoms with van der Waals surface area (Å²) in [6.07, 6.45) is 0. The molecule has 2 nitrogen and oxygen atoms in total. The van der Waals surface area contributed by atoms with E-state index in [0.29, 0.717) is 10.6 Å². The highest BCUT2D eigenvalue weighted by Gasteiger charge is 2.06. The van der Waals surface area contributed by atoms with Crippen LogP contribution >= 0.6 is 11.6 Å². The molecule has 1 amide bonds. The number of rotatable bonds is 2. The number of primary amides is 1. The highest BCUT2D eigenvalue weighted by molar-refractivity contribution is 6.31. The molecule has 1 aromatic carbocycles. The van der Waals surface area contributed by atoms with Crippen molar-refractivity contribution in [2.45, 2.75) is 13.8 Å². The second kappa shape index (κ2) is 3.79. The van der Waals surface area contributed by atoms with Crippen LogP contribution in [0.2, 0.25) is 5.02 Å². The van der Waals surface area contributed by atoms with Crippen molar-refractivity contribution in [2.24, 2.45) is 5.73 Å². The van der Waals surface area contributed by atoms with Gasteiger partial charge in [-0.25, -0.2) is 0 Å². The highest BCUT2D eigenvalue weighted by Crippen LogP contribution is 2.20. The fourth-order valence-corrected chi connectivity index (χ4v) is 1.26. The fraction of sp³-hybridized carbons (Fsp3) is 0.200. The molecule has 0 saturated heterocycles. The van der Waals surface area contributed by atoms with Gasteiger partial charge in [0.15, 0.2) is 0 Å². The number of halogens is 1. The van der Waals surface area contributed by atoms with E-state index in [0.717, 1.165) is 11.5 Å². The minimum absolute atomic E-state index is 0.448. The Hall–Kier alpha value is -1.02. The predicted octanol–water partition coefficient (Wildman–Crippen LogP) is 2.40. The summed E-state index contributed by atoms with van der Waals surface area (Å²) < 4.78 is 0. The molecule has 0 aliphatic rings. The molecule has 0 aliphatic heterocycles. The Balaban J connectivity index is 3.19. The summed E-state index contributed by atoms with van der Waals surface area (Å²) in [5.41, 5.74) is 6.54. The molecule has 0 saturated carbocycles. The molecular weight excluding hydrogens is 186 g/mol. The number of amides is 1. The van der Waals surface area contributed by atoms with Gasteiger partial charge in [-0.05, 0) is 29.7 Å². The van der Waals surface area contributed by atoms with E-state index in [1.807, 2.05) is 19.9 Å². The minimum Gasteiger partial charge on any atom is -0.366 e. The second-order valence-corrected chi connectivity index (χ2v) is 3.53. The van der Waals surface area contributed by atoms with Gasteiger partial charge in [-0.1, -0.05) is 25.4 Å². The van der Waals surface area contributed by atoms with Gasteiger partial charge in [0.05, 0.1) is 0 Å². The van der Waals surface area contributed by atoms with Crippen LogP contribution in [-0.4, -0.2) is 5.91 Å². The fourth-order valence-electron chi connectivity index (χ4n) is 1.02. The van der Waals surface area contributed by atoms with Crippen molar-refractivity contribution in [1.82, 2.24) is 0 Å². The molecule has 1 rings (SSSR count). The van der Waals surface area contributed by atoms with Crippen molar-refractivity contribution in [3.63, 3.8) is 0 Å². The quantitative estimate of drug-likeness (QED) is 0.776. The lowest BCUT2D eigenvalue weighted by Gasteiger charge is -2.06. The first kappa shape index (κ1) is 10.1. The third-order valence-corrected chi connectivity index (χ3v) is 1.98. The van der Waals surface area contributed by atoms with Crippen molar-refractivity contribution < 1.29 is 4.79 Å². The van der Waals surface area contributed by atoms with Gasteiger partial charge in [0.1, 0.15) is 0 Å². The average molecular weight is 197 g/mol. The first-order chi connectivity index (χ1) is 6.00. The van der Waals surface area contributed by atoms with E-state index >= 15 is 0 Å². The van der Waals surface area contributed by atoms with Gasteiger partial charge in [0.2, 0.25) is 5.91 Å². The lowest BCUT2D eigenvalue weighted by molar-refractivity contribution is 0.1000. The summed E-state index contributed by atoms with van der Waals surface area (Å²) in [7, 11) is 0. The maximum Gasteiger partial charge on any atom is 0.248 e. The first-order valence-corrected chi connectivity index (χ1v) is 4.29. The zero-order valence-corrected chi connectivity index (χ0v) is 8.35. The zero-order valence-electron chi connectivity index (χ0n) is 7.60. The Bertz CT molecular complexity index is 334. The van der Waals surface area contributed by atoms with Crippen LogP contribution in [0.15, 0.2) is 18.2 Å². The molecule has 0 unspecified atom stereocenters. The van der Waals surface area contributed by atoms with E-state index in [1.54, 1.807) is 12.1 Å². The van der Waals surface area contributed by atoms with Crippen molar-refractivity contribution >= 4 is 17.5 Å². The smallest absolute Gasteiger partial charge is 0.248 e. The third-order valence-electron chi connectivity index (χ3n) is 1.76. The monoisotopic (exact) mass is 196 g/mol. The predicted molar refractivity (Wildman–Crippen MR) is 53.7 cm³/mol. The number of carbonyl (C=O) groups excluding carboxylic acids is 1. The van der Waals surface area contributed by atoms with E-state index in [2.05, 4.69) is 0 Å². The van der Waals surface area contributed by atoms with Crippen molar-refractivity contribution in [2.75, 3.05) is 0 Å². The van der Waals surface area contributed by atoms with Crippen LogP contribution in [0, 0.1) is 5.92 Å². The van der Waals surface area contributed by atoms with Gasteiger partial charge in [-0.2, -0.15) is 0 Å². The lowest BCUT2D eigenvalue weighted by atomic mass is 10.0. The number of nitrogens with two attached hydrogens (primary N) is 1. The Morgan fingerprint density at radius 3 is 2.23 bits per heavy atom. The molecule has 1 radical (unpaired) electrons. The van der Waals surface area contributed by atoms with Crippen LogP contribution < -0.4 is 5.73 Å². The van der Waals surface area contributed by atoms with Crippen LogP contribution in [0.3, 0.4) is 0 Å². The Kier molecular flexibility index (Phi) is 2.94. The number of benzene rings is 1. The van der Waals surface area contributed by atoms with E-state index in [4.69, 9.17) is 17.3 Å². The molecule has 69 valence electrons. The molecule has 3 heteroatoms. The van der Waals surface area contributed by atoms with Crippen LogP contribution in [0.1, 0.15) is 29.8 Å². The molecular formula is C10H11ClNO. The minimum atomic E-state index is -0.454. The molecule has 0 aliphatic carbocycles. The molecule has 0 atom stereocenters. The van der Waals surface area contributed by atoms with E-state index in [1.165, 1.54) is 0 Å². The topological polar surface area (TPSA) is 43.1 Å².